The van der Waals surface area contributed by atoms with Crippen molar-refractivity contribution in [1.29, 1.82) is 0 Å². The van der Waals surface area contributed by atoms with Gasteiger partial charge in [-0.1, -0.05) is 13.0 Å². The number of hydrogen-bond acceptors (Lipinski definition) is 3. The topological polar surface area (TPSA) is 60.8 Å². The maximum atomic E-state index is 13.6. The third-order valence-corrected chi connectivity index (χ3v) is 3.83. The zero-order valence-corrected chi connectivity index (χ0v) is 10.8. The summed E-state index contributed by atoms with van der Waals surface area (Å²) in [4.78, 5) is 12.8. The standard InChI is InChI=1S/C14H18FNO3/c1-9-4-5-16(13(9)8-17)7-10-2-3-11(14(18)19)12(15)6-10/h2-3,6,9,13,17H,4-5,7-8H2,1H3,(H,18,19). The van der Waals surface area contributed by atoms with Crippen LogP contribution in [0.25, 0.3) is 0 Å². The van der Waals surface area contributed by atoms with E-state index in [0.717, 1.165) is 18.5 Å². The summed E-state index contributed by atoms with van der Waals surface area (Å²) in [5.41, 5.74) is 0.423. The molecule has 2 atom stereocenters. The van der Waals surface area contributed by atoms with Crippen LogP contribution in [0.2, 0.25) is 0 Å². The van der Waals surface area contributed by atoms with E-state index in [2.05, 4.69) is 11.8 Å². The lowest BCUT2D eigenvalue weighted by Gasteiger charge is -2.25. The monoisotopic (exact) mass is 267 g/mol. The van der Waals surface area contributed by atoms with Crippen molar-refractivity contribution in [3.05, 3.63) is 35.1 Å². The number of carboxylic acid groups (broad SMARTS) is 1. The summed E-state index contributed by atoms with van der Waals surface area (Å²) in [5, 5.41) is 18.1. The summed E-state index contributed by atoms with van der Waals surface area (Å²) in [6, 6.07) is 4.29. The first-order chi connectivity index (χ1) is 9.02. The Kier molecular flexibility index (Phi) is 4.17. The summed E-state index contributed by atoms with van der Waals surface area (Å²) in [6.45, 7) is 3.59. The summed E-state index contributed by atoms with van der Waals surface area (Å²) in [6.07, 6.45) is 1.01. The molecule has 104 valence electrons. The zero-order valence-electron chi connectivity index (χ0n) is 10.8. The Morgan fingerprint density at radius 1 is 1.53 bits per heavy atom. The number of aliphatic hydroxyl groups is 1. The van der Waals surface area contributed by atoms with Crippen LogP contribution >= 0.6 is 0 Å². The summed E-state index contributed by atoms with van der Waals surface area (Å²) in [5.74, 6) is -1.54. The van der Waals surface area contributed by atoms with Gasteiger partial charge in [0, 0.05) is 12.6 Å². The number of aliphatic hydroxyl groups excluding tert-OH is 1. The molecule has 2 rings (SSSR count). The number of halogens is 1. The van der Waals surface area contributed by atoms with Crippen LogP contribution in [0, 0.1) is 11.7 Å². The van der Waals surface area contributed by atoms with E-state index in [4.69, 9.17) is 5.11 Å². The van der Waals surface area contributed by atoms with Crippen molar-refractivity contribution in [2.45, 2.75) is 25.9 Å². The van der Waals surface area contributed by atoms with E-state index in [1.165, 1.54) is 12.1 Å². The average Bonchev–Trinajstić information content (AvgIpc) is 2.69. The van der Waals surface area contributed by atoms with E-state index in [-0.39, 0.29) is 18.2 Å². The van der Waals surface area contributed by atoms with Crippen LogP contribution in [-0.2, 0) is 6.54 Å². The smallest absolute Gasteiger partial charge is 0.338 e. The number of carbonyl (C=O) groups is 1. The highest BCUT2D eigenvalue weighted by Gasteiger charge is 2.30. The molecule has 1 aromatic carbocycles. The fraction of sp³-hybridized carbons (Fsp3) is 0.500. The van der Waals surface area contributed by atoms with Crippen LogP contribution < -0.4 is 0 Å². The Balaban J connectivity index is 2.12. The van der Waals surface area contributed by atoms with Crippen LogP contribution in [0.3, 0.4) is 0 Å². The Hall–Kier alpha value is -1.46. The second kappa shape index (κ2) is 5.67. The van der Waals surface area contributed by atoms with Crippen molar-refractivity contribution in [2.24, 2.45) is 5.92 Å². The van der Waals surface area contributed by atoms with E-state index in [9.17, 15) is 14.3 Å². The molecule has 0 saturated carbocycles. The second-order valence-electron chi connectivity index (χ2n) is 5.11. The van der Waals surface area contributed by atoms with E-state index < -0.39 is 11.8 Å². The van der Waals surface area contributed by atoms with Gasteiger partial charge in [0.2, 0.25) is 0 Å². The van der Waals surface area contributed by atoms with Crippen molar-refractivity contribution in [2.75, 3.05) is 13.2 Å². The van der Waals surface area contributed by atoms with Crippen LogP contribution in [0.15, 0.2) is 18.2 Å². The summed E-state index contributed by atoms with van der Waals surface area (Å²) >= 11 is 0. The Morgan fingerprint density at radius 3 is 2.84 bits per heavy atom. The highest BCUT2D eigenvalue weighted by molar-refractivity contribution is 5.87. The SMILES string of the molecule is CC1CCN(Cc2ccc(C(=O)O)c(F)c2)C1CO. The molecule has 0 bridgehead atoms. The predicted octanol–water partition coefficient (Wildman–Crippen LogP) is 1.73. The first-order valence-electron chi connectivity index (χ1n) is 6.39. The van der Waals surface area contributed by atoms with E-state index in [1.807, 2.05) is 0 Å². The quantitative estimate of drug-likeness (QED) is 0.872. The van der Waals surface area contributed by atoms with Gasteiger partial charge in [-0.25, -0.2) is 9.18 Å². The molecule has 0 aliphatic carbocycles. The molecule has 0 amide bonds. The van der Waals surface area contributed by atoms with Gasteiger partial charge in [-0.3, -0.25) is 4.90 Å². The largest absolute Gasteiger partial charge is 0.478 e. The average molecular weight is 267 g/mol. The number of nitrogens with zero attached hydrogens (tertiary/aromatic N) is 1. The number of aromatic carboxylic acids is 1. The van der Waals surface area contributed by atoms with E-state index in [1.54, 1.807) is 6.07 Å². The fourth-order valence-corrected chi connectivity index (χ4v) is 2.64. The van der Waals surface area contributed by atoms with Gasteiger partial charge >= 0.3 is 5.97 Å². The normalized spacial score (nSPS) is 23.7. The molecule has 1 aromatic rings. The number of hydrogen-bond donors (Lipinski definition) is 2. The molecular formula is C14H18FNO3. The maximum absolute atomic E-state index is 13.6. The molecule has 2 N–H and O–H groups in total. The van der Waals surface area contributed by atoms with Crippen LogP contribution in [0.4, 0.5) is 4.39 Å². The molecule has 19 heavy (non-hydrogen) atoms. The minimum atomic E-state index is -1.26. The third-order valence-electron chi connectivity index (χ3n) is 3.83. The van der Waals surface area contributed by atoms with Gasteiger partial charge < -0.3 is 10.2 Å². The highest BCUT2D eigenvalue weighted by Crippen LogP contribution is 2.25. The van der Waals surface area contributed by atoms with Gasteiger partial charge in [-0.05, 0) is 36.6 Å². The molecule has 0 spiro atoms. The minimum Gasteiger partial charge on any atom is -0.478 e. The van der Waals surface area contributed by atoms with Crippen molar-refractivity contribution >= 4 is 5.97 Å². The third kappa shape index (κ3) is 2.93. The highest BCUT2D eigenvalue weighted by atomic mass is 19.1. The molecule has 1 fully saturated rings. The number of benzene rings is 1. The maximum Gasteiger partial charge on any atom is 0.338 e. The first kappa shape index (κ1) is 14.0. The van der Waals surface area contributed by atoms with Gasteiger partial charge in [-0.2, -0.15) is 0 Å². The lowest BCUT2D eigenvalue weighted by atomic mass is 10.0. The lowest BCUT2D eigenvalue weighted by Crippen LogP contribution is -2.34. The Labute approximate surface area is 111 Å². The number of carboxylic acids is 1. The van der Waals surface area contributed by atoms with E-state index in [0.29, 0.717) is 12.5 Å². The number of rotatable bonds is 4. The minimum absolute atomic E-state index is 0.0941. The van der Waals surface area contributed by atoms with E-state index >= 15 is 0 Å². The Bertz CT molecular complexity index is 478. The molecule has 1 saturated heterocycles. The molecule has 5 heteroatoms. The molecule has 2 unspecified atom stereocenters. The van der Waals surface area contributed by atoms with Crippen molar-refractivity contribution < 1.29 is 19.4 Å². The van der Waals surface area contributed by atoms with Crippen LogP contribution in [0.5, 0.6) is 0 Å². The number of likely N-dealkylation sites (tertiary alicyclic amines) is 1. The zero-order chi connectivity index (χ0) is 14.0. The van der Waals surface area contributed by atoms with Gasteiger partial charge in [0.25, 0.3) is 0 Å². The summed E-state index contributed by atoms with van der Waals surface area (Å²) in [7, 11) is 0. The molecule has 1 aliphatic heterocycles. The molecule has 4 nitrogen and oxygen atoms in total. The van der Waals surface area contributed by atoms with Crippen LogP contribution in [-0.4, -0.2) is 40.3 Å². The Morgan fingerprint density at radius 2 is 2.26 bits per heavy atom. The first-order valence-corrected chi connectivity index (χ1v) is 6.39. The molecular weight excluding hydrogens is 249 g/mol. The molecule has 1 heterocycles. The van der Waals surface area contributed by atoms with Crippen LogP contribution in [0.1, 0.15) is 29.3 Å². The van der Waals surface area contributed by atoms with Gasteiger partial charge in [0.05, 0.1) is 12.2 Å². The molecule has 1 aliphatic rings. The fourth-order valence-electron chi connectivity index (χ4n) is 2.64. The van der Waals surface area contributed by atoms with Crippen molar-refractivity contribution in [3.8, 4) is 0 Å². The summed E-state index contributed by atoms with van der Waals surface area (Å²) < 4.78 is 13.6. The van der Waals surface area contributed by atoms with Gasteiger partial charge in [-0.15, -0.1) is 0 Å². The van der Waals surface area contributed by atoms with Crippen molar-refractivity contribution in [1.82, 2.24) is 4.90 Å². The predicted molar refractivity (Wildman–Crippen MR) is 68.4 cm³/mol. The van der Waals surface area contributed by atoms with Gasteiger partial charge in [0.1, 0.15) is 5.82 Å². The second-order valence-corrected chi connectivity index (χ2v) is 5.11. The van der Waals surface area contributed by atoms with Crippen molar-refractivity contribution in [3.63, 3.8) is 0 Å². The van der Waals surface area contributed by atoms with Gasteiger partial charge in [0.15, 0.2) is 0 Å². The lowest BCUT2D eigenvalue weighted by molar-refractivity contribution is 0.0692. The molecule has 0 radical (unpaired) electrons. The molecule has 0 aromatic heterocycles.